The quantitative estimate of drug-likeness (QED) is 0.717. The molecule has 5 heteroatoms. The highest BCUT2D eigenvalue weighted by molar-refractivity contribution is 5.95. The third-order valence-electron chi connectivity index (χ3n) is 4.44. The van der Waals surface area contributed by atoms with Crippen LogP contribution < -0.4 is 10.6 Å². The van der Waals surface area contributed by atoms with Crippen LogP contribution in [0, 0.1) is 6.92 Å². The third kappa shape index (κ3) is 3.94. The molecule has 26 heavy (non-hydrogen) atoms. The summed E-state index contributed by atoms with van der Waals surface area (Å²) in [4.78, 5) is 24.4. The van der Waals surface area contributed by atoms with Crippen LogP contribution in [0.1, 0.15) is 18.2 Å². The van der Waals surface area contributed by atoms with Gasteiger partial charge in [0, 0.05) is 16.9 Å². The summed E-state index contributed by atoms with van der Waals surface area (Å²) < 4.78 is 1.95. The molecule has 0 aliphatic heterocycles. The predicted octanol–water partition coefficient (Wildman–Crippen LogP) is 3.27. The van der Waals surface area contributed by atoms with Gasteiger partial charge in [0.1, 0.15) is 6.54 Å². The van der Waals surface area contributed by atoms with Gasteiger partial charge in [0.2, 0.25) is 11.8 Å². The van der Waals surface area contributed by atoms with Gasteiger partial charge in [-0.05, 0) is 42.5 Å². The minimum Gasteiger partial charge on any atom is -0.345 e. The number of carbonyl (C=O) groups is 2. The van der Waals surface area contributed by atoms with E-state index in [1.54, 1.807) is 0 Å². The van der Waals surface area contributed by atoms with E-state index < -0.39 is 0 Å². The molecule has 0 atom stereocenters. The van der Waals surface area contributed by atoms with Gasteiger partial charge in [0.05, 0.1) is 6.54 Å². The highest BCUT2D eigenvalue weighted by Crippen LogP contribution is 2.19. The number of fused-ring (bicyclic) bond motifs is 1. The van der Waals surface area contributed by atoms with Gasteiger partial charge < -0.3 is 15.2 Å². The second-order valence-electron chi connectivity index (χ2n) is 6.27. The molecule has 0 fully saturated rings. The molecular formula is C21H23N3O2. The third-order valence-corrected chi connectivity index (χ3v) is 4.44. The highest BCUT2D eigenvalue weighted by Gasteiger charge is 2.11. The summed E-state index contributed by atoms with van der Waals surface area (Å²) in [6.07, 6.45) is 0.836. The molecule has 0 saturated heterocycles. The molecule has 3 rings (SSSR count). The summed E-state index contributed by atoms with van der Waals surface area (Å²) in [5.74, 6) is -0.415. The predicted molar refractivity (Wildman–Crippen MR) is 104 cm³/mol. The van der Waals surface area contributed by atoms with Crippen LogP contribution in [0.15, 0.2) is 54.6 Å². The number of nitrogens with zero attached hydrogens (tertiary/aromatic N) is 1. The van der Waals surface area contributed by atoms with Gasteiger partial charge >= 0.3 is 0 Å². The first-order chi connectivity index (χ1) is 12.6. The fourth-order valence-corrected chi connectivity index (χ4v) is 3.08. The Morgan fingerprint density at radius 3 is 2.54 bits per heavy atom. The van der Waals surface area contributed by atoms with E-state index in [4.69, 9.17) is 0 Å². The number of aromatic nitrogens is 1. The molecule has 1 aromatic heterocycles. The molecule has 2 aromatic carbocycles. The van der Waals surface area contributed by atoms with Crippen molar-refractivity contribution >= 4 is 28.4 Å². The lowest BCUT2D eigenvalue weighted by atomic mass is 10.1. The van der Waals surface area contributed by atoms with Gasteiger partial charge in [0.15, 0.2) is 0 Å². The van der Waals surface area contributed by atoms with Crippen molar-refractivity contribution in [3.05, 3.63) is 65.9 Å². The second-order valence-corrected chi connectivity index (χ2v) is 6.27. The van der Waals surface area contributed by atoms with Crippen LogP contribution in [-0.2, 0) is 22.6 Å². The van der Waals surface area contributed by atoms with Crippen LogP contribution in [0.2, 0.25) is 0 Å². The fraction of sp³-hybridized carbons (Fsp3) is 0.238. The van der Waals surface area contributed by atoms with Crippen LogP contribution in [0.3, 0.4) is 0 Å². The normalized spacial score (nSPS) is 10.7. The lowest BCUT2D eigenvalue weighted by Gasteiger charge is -2.11. The first-order valence-corrected chi connectivity index (χ1v) is 8.78. The highest BCUT2D eigenvalue weighted by atomic mass is 16.2. The first kappa shape index (κ1) is 17.7. The number of amides is 2. The molecule has 0 aliphatic rings. The molecule has 134 valence electrons. The maximum absolute atomic E-state index is 12.3. The van der Waals surface area contributed by atoms with Crippen LogP contribution >= 0.6 is 0 Å². The Morgan fingerprint density at radius 1 is 1.00 bits per heavy atom. The summed E-state index contributed by atoms with van der Waals surface area (Å²) in [5.41, 5.74) is 3.90. The standard InChI is InChI=1S/C21H23N3O2/c1-3-16-8-4-6-10-18(16)23-20(25)13-22-21(26)14-24-15(2)12-17-9-5-7-11-19(17)24/h4-12H,3,13-14H2,1-2H3,(H,22,26)(H,23,25). The number of hydrogen-bond acceptors (Lipinski definition) is 2. The van der Waals surface area contributed by atoms with Crippen molar-refractivity contribution in [2.75, 3.05) is 11.9 Å². The van der Waals surface area contributed by atoms with E-state index in [0.717, 1.165) is 34.3 Å². The minimum absolute atomic E-state index is 0.0465. The van der Waals surface area contributed by atoms with E-state index in [1.165, 1.54) is 0 Å². The van der Waals surface area contributed by atoms with Gasteiger partial charge in [0.25, 0.3) is 0 Å². The van der Waals surface area contributed by atoms with Gasteiger partial charge in [-0.3, -0.25) is 9.59 Å². The van der Waals surface area contributed by atoms with Crippen LogP contribution in [0.25, 0.3) is 10.9 Å². The van der Waals surface area contributed by atoms with Crippen molar-refractivity contribution in [3.63, 3.8) is 0 Å². The van der Waals surface area contributed by atoms with Crippen molar-refractivity contribution in [2.45, 2.75) is 26.8 Å². The molecule has 0 aliphatic carbocycles. The number of aryl methyl sites for hydroxylation is 2. The monoisotopic (exact) mass is 349 g/mol. The molecule has 0 bridgehead atoms. The van der Waals surface area contributed by atoms with Crippen LogP contribution in [0.4, 0.5) is 5.69 Å². The van der Waals surface area contributed by atoms with E-state index in [0.29, 0.717) is 0 Å². The summed E-state index contributed by atoms with van der Waals surface area (Å²) >= 11 is 0. The van der Waals surface area contributed by atoms with E-state index in [1.807, 2.05) is 66.9 Å². The number of nitrogens with one attached hydrogen (secondary N) is 2. The maximum Gasteiger partial charge on any atom is 0.243 e. The lowest BCUT2D eigenvalue weighted by Crippen LogP contribution is -2.35. The topological polar surface area (TPSA) is 63.1 Å². The fourth-order valence-electron chi connectivity index (χ4n) is 3.08. The maximum atomic E-state index is 12.3. The van der Waals surface area contributed by atoms with Gasteiger partial charge in [-0.1, -0.05) is 43.3 Å². The molecular weight excluding hydrogens is 326 g/mol. The summed E-state index contributed by atoms with van der Waals surface area (Å²) in [6, 6.07) is 17.7. The Bertz CT molecular complexity index is 943. The number of carbonyl (C=O) groups excluding carboxylic acids is 2. The number of benzene rings is 2. The van der Waals surface area contributed by atoms with E-state index >= 15 is 0 Å². The van der Waals surface area contributed by atoms with Crippen molar-refractivity contribution in [1.29, 1.82) is 0 Å². The Morgan fingerprint density at radius 2 is 1.73 bits per heavy atom. The van der Waals surface area contributed by atoms with E-state index in [2.05, 4.69) is 16.7 Å². The lowest BCUT2D eigenvalue weighted by molar-refractivity contribution is -0.124. The molecule has 2 amide bonds. The number of para-hydroxylation sites is 2. The zero-order valence-electron chi connectivity index (χ0n) is 15.1. The zero-order chi connectivity index (χ0) is 18.5. The molecule has 0 radical (unpaired) electrons. The molecule has 0 unspecified atom stereocenters. The SMILES string of the molecule is CCc1ccccc1NC(=O)CNC(=O)Cn1c(C)cc2ccccc21. The van der Waals surface area contributed by atoms with Crippen molar-refractivity contribution in [1.82, 2.24) is 9.88 Å². The molecule has 1 heterocycles. The number of hydrogen-bond donors (Lipinski definition) is 2. The second kappa shape index (κ2) is 7.87. The minimum atomic E-state index is -0.228. The van der Waals surface area contributed by atoms with E-state index in [9.17, 15) is 9.59 Å². The summed E-state index contributed by atoms with van der Waals surface area (Å²) in [7, 11) is 0. The molecule has 2 N–H and O–H groups in total. The smallest absolute Gasteiger partial charge is 0.243 e. The summed E-state index contributed by atoms with van der Waals surface area (Å²) in [6.45, 7) is 4.16. The molecule has 3 aromatic rings. The molecule has 0 spiro atoms. The molecule has 5 nitrogen and oxygen atoms in total. The van der Waals surface area contributed by atoms with Crippen molar-refractivity contribution < 1.29 is 9.59 Å². The van der Waals surface area contributed by atoms with Gasteiger partial charge in [-0.2, -0.15) is 0 Å². The van der Waals surface area contributed by atoms with Crippen LogP contribution in [0.5, 0.6) is 0 Å². The number of anilines is 1. The Balaban J connectivity index is 1.58. The van der Waals surface area contributed by atoms with Crippen molar-refractivity contribution in [2.24, 2.45) is 0 Å². The largest absolute Gasteiger partial charge is 0.345 e. The number of rotatable bonds is 6. The average Bonchev–Trinajstić information content (AvgIpc) is 2.96. The first-order valence-electron chi connectivity index (χ1n) is 8.78. The Hall–Kier alpha value is -3.08. The average molecular weight is 349 g/mol. The zero-order valence-corrected chi connectivity index (χ0v) is 15.1. The van der Waals surface area contributed by atoms with Crippen LogP contribution in [-0.4, -0.2) is 22.9 Å². The summed E-state index contributed by atoms with van der Waals surface area (Å²) in [5, 5.41) is 6.66. The Labute approximate surface area is 153 Å². The Kier molecular flexibility index (Phi) is 5.37. The van der Waals surface area contributed by atoms with Crippen molar-refractivity contribution in [3.8, 4) is 0 Å². The van der Waals surface area contributed by atoms with Gasteiger partial charge in [-0.15, -0.1) is 0 Å². The van der Waals surface area contributed by atoms with E-state index in [-0.39, 0.29) is 24.9 Å². The van der Waals surface area contributed by atoms with Gasteiger partial charge in [-0.25, -0.2) is 0 Å². The molecule has 0 saturated carbocycles.